The molecule has 4 nitrogen and oxygen atoms in total. The largest absolute Gasteiger partial charge is 0.400 e. The highest BCUT2D eigenvalue weighted by atomic mass is 16.9. The number of fused-ring (bicyclic) bond motifs is 2. The molecule has 0 aromatic heterocycles. The van der Waals surface area contributed by atoms with E-state index in [1.54, 1.807) is 0 Å². The molecular weight excluding hydrogens is 316 g/mol. The van der Waals surface area contributed by atoms with Crippen LogP contribution in [0, 0.1) is 5.92 Å². The summed E-state index contributed by atoms with van der Waals surface area (Å²) in [5.41, 5.74) is 6.34. The van der Waals surface area contributed by atoms with E-state index in [2.05, 4.69) is 32.1 Å². The van der Waals surface area contributed by atoms with Crippen molar-refractivity contribution >= 4 is 5.97 Å². The first-order valence-corrected chi connectivity index (χ1v) is 8.43. The number of methoxy groups -OCH3 is 2. The van der Waals surface area contributed by atoms with Gasteiger partial charge in [0.25, 0.3) is 0 Å². The highest BCUT2D eigenvalue weighted by Crippen LogP contribution is 2.46. The summed E-state index contributed by atoms with van der Waals surface area (Å²) in [7, 11) is 2.94. The molecule has 0 radical (unpaired) electrons. The van der Waals surface area contributed by atoms with Crippen LogP contribution in [0.25, 0.3) is 0 Å². The zero-order chi connectivity index (χ0) is 18.4. The van der Waals surface area contributed by atoms with Crippen LogP contribution in [0.4, 0.5) is 0 Å². The van der Waals surface area contributed by atoms with Gasteiger partial charge in [0.2, 0.25) is 0 Å². The third-order valence-corrected chi connectivity index (χ3v) is 4.91. The van der Waals surface area contributed by atoms with Gasteiger partial charge in [-0.1, -0.05) is 38.2 Å². The lowest BCUT2D eigenvalue weighted by atomic mass is 9.88. The van der Waals surface area contributed by atoms with Gasteiger partial charge < -0.3 is 14.2 Å². The molecule has 0 bridgehead atoms. The van der Waals surface area contributed by atoms with Crippen molar-refractivity contribution in [1.82, 2.24) is 0 Å². The van der Waals surface area contributed by atoms with Crippen molar-refractivity contribution in [1.29, 1.82) is 0 Å². The number of cyclic esters (lactones) is 1. The van der Waals surface area contributed by atoms with Crippen molar-refractivity contribution in [2.24, 2.45) is 5.92 Å². The van der Waals surface area contributed by atoms with Crippen molar-refractivity contribution < 1.29 is 19.0 Å². The second-order valence-electron chi connectivity index (χ2n) is 6.76. The SMILES string of the molecule is COC1(OC)OC(=O)C2=C3C(C)=CC=C(C(C)C)C=C3C(C)=CC=C21. The molecule has 3 aliphatic rings. The number of hydrogen-bond donors (Lipinski definition) is 0. The van der Waals surface area contributed by atoms with Gasteiger partial charge in [-0.3, -0.25) is 0 Å². The maximum atomic E-state index is 12.8. The van der Waals surface area contributed by atoms with Gasteiger partial charge in [0, 0.05) is 19.8 Å². The molecule has 3 rings (SSSR count). The number of hydrogen-bond acceptors (Lipinski definition) is 4. The van der Waals surface area contributed by atoms with E-state index in [0.717, 1.165) is 22.3 Å². The van der Waals surface area contributed by atoms with Gasteiger partial charge in [0.1, 0.15) is 0 Å². The van der Waals surface area contributed by atoms with Crippen LogP contribution in [-0.2, 0) is 19.0 Å². The summed E-state index contributed by atoms with van der Waals surface area (Å²) in [6, 6.07) is 0. The highest BCUT2D eigenvalue weighted by Gasteiger charge is 2.52. The first-order chi connectivity index (χ1) is 11.8. The topological polar surface area (TPSA) is 44.8 Å². The Kier molecular flexibility index (Phi) is 4.43. The minimum Gasteiger partial charge on any atom is -0.400 e. The van der Waals surface area contributed by atoms with Crippen molar-refractivity contribution in [3.8, 4) is 0 Å². The molecule has 0 spiro atoms. The molecule has 132 valence electrons. The summed E-state index contributed by atoms with van der Waals surface area (Å²) in [5, 5.41) is 0. The fourth-order valence-electron chi connectivity index (χ4n) is 3.40. The van der Waals surface area contributed by atoms with Crippen LogP contribution < -0.4 is 0 Å². The summed E-state index contributed by atoms with van der Waals surface area (Å²) in [5.74, 6) is -1.54. The third-order valence-electron chi connectivity index (χ3n) is 4.91. The molecule has 0 aromatic rings. The Morgan fingerprint density at radius 3 is 2.20 bits per heavy atom. The second-order valence-corrected chi connectivity index (χ2v) is 6.76. The number of ether oxygens (including phenoxy) is 3. The Morgan fingerprint density at radius 2 is 1.60 bits per heavy atom. The lowest BCUT2D eigenvalue weighted by molar-refractivity contribution is -0.306. The summed E-state index contributed by atoms with van der Waals surface area (Å²) < 4.78 is 16.4. The molecule has 0 N–H and O–H groups in total. The van der Waals surface area contributed by atoms with Crippen LogP contribution in [0.15, 0.2) is 69.4 Å². The lowest BCUT2D eigenvalue weighted by Crippen LogP contribution is -2.34. The number of rotatable bonds is 3. The fraction of sp³-hybridized carbons (Fsp3) is 0.381. The van der Waals surface area contributed by atoms with E-state index >= 15 is 0 Å². The Bertz CT molecular complexity index is 809. The van der Waals surface area contributed by atoms with Crippen LogP contribution in [0.2, 0.25) is 0 Å². The van der Waals surface area contributed by atoms with Crippen LogP contribution >= 0.6 is 0 Å². The van der Waals surface area contributed by atoms with E-state index < -0.39 is 11.9 Å². The van der Waals surface area contributed by atoms with Crippen molar-refractivity contribution in [3.05, 3.63) is 69.4 Å². The number of esters is 1. The van der Waals surface area contributed by atoms with Gasteiger partial charge >= 0.3 is 11.9 Å². The Hall–Kier alpha value is -2.17. The standard InChI is InChI=1S/C21H24O4/c1-12(2)15-9-7-14(4)18-16(11-15)13(3)8-10-17-19(18)20(22)25-21(17,23-5)24-6/h7-12H,1-6H3. The zero-order valence-electron chi connectivity index (χ0n) is 15.6. The quantitative estimate of drug-likeness (QED) is 0.572. The summed E-state index contributed by atoms with van der Waals surface area (Å²) in [4.78, 5) is 12.8. The first kappa shape index (κ1) is 17.6. The predicted molar refractivity (Wildman–Crippen MR) is 96.5 cm³/mol. The van der Waals surface area contributed by atoms with E-state index in [0.29, 0.717) is 17.1 Å². The average Bonchev–Trinajstić information content (AvgIpc) is 2.69. The first-order valence-electron chi connectivity index (χ1n) is 8.43. The summed E-state index contributed by atoms with van der Waals surface area (Å²) >= 11 is 0. The van der Waals surface area contributed by atoms with Gasteiger partial charge in [-0.2, -0.15) is 0 Å². The molecule has 0 unspecified atom stereocenters. The van der Waals surface area contributed by atoms with Gasteiger partial charge in [0.15, 0.2) is 0 Å². The minimum absolute atomic E-state index is 0.386. The minimum atomic E-state index is -1.49. The molecule has 1 aliphatic heterocycles. The van der Waals surface area contributed by atoms with Crippen molar-refractivity contribution in [3.63, 3.8) is 0 Å². The molecule has 1 fully saturated rings. The Morgan fingerprint density at radius 1 is 0.960 bits per heavy atom. The Labute approximate surface area is 148 Å². The molecular formula is C21H24O4. The van der Waals surface area contributed by atoms with E-state index in [9.17, 15) is 4.79 Å². The summed E-state index contributed by atoms with van der Waals surface area (Å²) in [6.07, 6.45) is 10.2. The van der Waals surface area contributed by atoms with Crippen LogP contribution in [0.3, 0.4) is 0 Å². The molecule has 0 saturated carbocycles. The maximum absolute atomic E-state index is 12.8. The molecule has 2 aliphatic carbocycles. The molecule has 0 amide bonds. The maximum Gasteiger partial charge on any atom is 0.359 e. The smallest absolute Gasteiger partial charge is 0.359 e. The molecule has 1 heterocycles. The van der Waals surface area contributed by atoms with Gasteiger partial charge in [-0.25, -0.2) is 4.79 Å². The van der Waals surface area contributed by atoms with Gasteiger partial charge in [0.05, 0.1) is 11.1 Å². The van der Waals surface area contributed by atoms with E-state index in [4.69, 9.17) is 14.2 Å². The Balaban J connectivity index is 2.33. The number of carbonyl (C=O) groups excluding carboxylic acids is 1. The third kappa shape index (κ3) is 2.66. The van der Waals surface area contributed by atoms with Crippen LogP contribution in [-0.4, -0.2) is 26.2 Å². The molecule has 0 aromatic carbocycles. The van der Waals surface area contributed by atoms with E-state index in [1.165, 1.54) is 19.8 Å². The number of allylic oxidation sites excluding steroid dienone is 10. The molecule has 4 heteroatoms. The summed E-state index contributed by atoms with van der Waals surface area (Å²) in [6.45, 7) is 8.38. The monoisotopic (exact) mass is 340 g/mol. The van der Waals surface area contributed by atoms with Gasteiger partial charge in [-0.15, -0.1) is 0 Å². The van der Waals surface area contributed by atoms with Crippen molar-refractivity contribution in [2.75, 3.05) is 14.2 Å². The lowest BCUT2D eigenvalue weighted by Gasteiger charge is -2.24. The van der Waals surface area contributed by atoms with Crippen molar-refractivity contribution in [2.45, 2.75) is 33.7 Å². The highest BCUT2D eigenvalue weighted by molar-refractivity contribution is 6.01. The van der Waals surface area contributed by atoms with Gasteiger partial charge in [-0.05, 0) is 48.1 Å². The van der Waals surface area contributed by atoms with E-state index in [-0.39, 0.29) is 0 Å². The second kappa shape index (κ2) is 6.28. The molecule has 0 atom stereocenters. The predicted octanol–water partition coefficient (Wildman–Crippen LogP) is 4.14. The van der Waals surface area contributed by atoms with Crippen LogP contribution in [0.1, 0.15) is 27.7 Å². The normalized spacial score (nSPS) is 22.0. The number of carbonyl (C=O) groups is 1. The zero-order valence-corrected chi connectivity index (χ0v) is 15.6. The fourth-order valence-corrected chi connectivity index (χ4v) is 3.40. The average molecular weight is 340 g/mol. The van der Waals surface area contributed by atoms with Crippen LogP contribution in [0.5, 0.6) is 0 Å². The molecule has 25 heavy (non-hydrogen) atoms. The van der Waals surface area contributed by atoms with E-state index in [1.807, 2.05) is 26.0 Å². The molecule has 1 saturated heterocycles.